The average Bonchev–Trinajstić information content (AvgIpc) is 2.42. The maximum Gasteiger partial charge on any atom is 0.408 e. The Balaban J connectivity index is 2.51. The number of carbonyl (C=O) groups excluding carboxylic acids is 2. The molecule has 0 aliphatic heterocycles. The first-order chi connectivity index (χ1) is 10.3. The van der Waals surface area contributed by atoms with Crippen molar-refractivity contribution in [2.75, 3.05) is 6.07 Å². The fraction of sp³-hybridized carbons (Fsp3) is 0.875. The third-order valence-electron chi connectivity index (χ3n) is 3.76. The van der Waals surface area contributed by atoms with E-state index in [0.29, 0.717) is 12.3 Å². The molecule has 5 nitrogen and oxygen atoms in total. The Morgan fingerprint density at radius 1 is 1.23 bits per heavy atom. The van der Waals surface area contributed by atoms with Gasteiger partial charge in [-0.2, -0.15) is 0 Å². The number of esters is 1. The topological polar surface area (TPSA) is 64.6 Å². The second-order valence-corrected chi connectivity index (χ2v) is 7.07. The summed E-state index contributed by atoms with van der Waals surface area (Å²) in [6, 6.07) is -0.912. The zero-order valence-electron chi connectivity index (χ0n) is 13.8. The van der Waals surface area contributed by atoms with Gasteiger partial charge < -0.3 is 14.8 Å². The van der Waals surface area contributed by atoms with Crippen LogP contribution in [0.15, 0.2) is 0 Å². The summed E-state index contributed by atoms with van der Waals surface area (Å²) in [6.07, 6.45) is 7.05. The smallest absolute Gasteiger partial charge is 0.408 e. The summed E-state index contributed by atoms with van der Waals surface area (Å²) >= 11 is 5.45. The van der Waals surface area contributed by atoms with Gasteiger partial charge in [-0.1, -0.05) is 43.7 Å². The molecule has 1 atom stereocenters. The van der Waals surface area contributed by atoms with Crippen molar-refractivity contribution in [3.05, 3.63) is 0 Å². The molecule has 0 saturated heterocycles. The molecule has 1 fully saturated rings. The second kappa shape index (κ2) is 9.23. The zero-order chi connectivity index (χ0) is 16.6. The van der Waals surface area contributed by atoms with Gasteiger partial charge in [0.25, 0.3) is 0 Å². The van der Waals surface area contributed by atoms with E-state index in [4.69, 9.17) is 21.1 Å². The molecule has 1 amide bonds. The summed E-state index contributed by atoms with van der Waals surface area (Å²) in [5, 5.41) is 2.60. The van der Waals surface area contributed by atoms with Crippen LogP contribution in [0.2, 0.25) is 0 Å². The SMILES string of the molecule is CC(C)(C)OC(=O)NC(CCC1CCCCC1)C(=O)OCCl. The van der Waals surface area contributed by atoms with Crippen molar-refractivity contribution in [1.82, 2.24) is 5.32 Å². The number of hydrogen-bond donors (Lipinski definition) is 1. The van der Waals surface area contributed by atoms with E-state index in [2.05, 4.69) is 5.32 Å². The van der Waals surface area contributed by atoms with Crippen molar-refractivity contribution >= 4 is 23.7 Å². The first kappa shape index (κ1) is 19.1. The lowest BCUT2D eigenvalue weighted by molar-refractivity contribution is -0.144. The van der Waals surface area contributed by atoms with Crippen LogP contribution in [-0.2, 0) is 14.3 Å². The molecule has 0 radical (unpaired) electrons. The number of alkyl carbamates (subject to hydrolysis) is 1. The van der Waals surface area contributed by atoms with Gasteiger partial charge in [0, 0.05) is 0 Å². The zero-order valence-corrected chi connectivity index (χ0v) is 14.6. The Morgan fingerprint density at radius 3 is 2.41 bits per heavy atom. The molecule has 6 heteroatoms. The lowest BCUT2D eigenvalue weighted by Crippen LogP contribution is -2.44. The van der Waals surface area contributed by atoms with Crippen LogP contribution in [0.3, 0.4) is 0 Å². The highest BCUT2D eigenvalue weighted by atomic mass is 35.5. The number of rotatable bonds is 6. The first-order valence-electron chi connectivity index (χ1n) is 8.04. The maximum atomic E-state index is 11.9. The minimum atomic E-state index is -0.699. The van der Waals surface area contributed by atoms with Crippen LogP contribution in [0, 0.1) is 5.92 Å². The van der Waals surface area contributed by atoms with Gasteiger partial charge in [-0.15, -0.1) is 0 Å². The highest BCUT2D eigenvalue weighted by Gasteiger charge is 2.26. The highest BCUT2D eigenvalue weighted by molar-refractivity contribution is 6.17. The molecule has 0 bridgehead atoms. The standard InChI is InChI=1S/C16H28ClNO4/c1-16(2,3)22-15(20)18-13(14(19)21-11-17)10-9-12-7-5-4-6-8-12/h12-13H,4-11H2,1-3H3,(H,18,20). The van der Waals surface area contributed by atoms with Crippen LogP contribution in [-0.4, -0.2) is 29.8 Å². The summed E-state index contributed by atoms with van der Waals surface area (Å²) in [4.78, 5) is 23.8. The quantitative estimate of drug-likeness (QED) is 0.590. The third-order valence-corrected chi connectivity index (χ3v) is 3.87. The Labute approximate surface area is 138 Å². The molecule has 1 aliphatic carbocycles. The number of amides is 1. The Kier molecular flexibility index (Phi) is 8.01. The number of nitrogens with one attached hydrogen (secondary N) is 1. The minimum Gasteiger partial charge on any atom is -0.448 e. The van der Waals surface area contributed by atoms with Gasteiger partial charge in [0.15, 0.2) is 6.07 Å². The van der Waals surface area contributed by atoms with E-state index in [-0.39, 0.29) is 6.07 Å². The van der Waals surface area contributed by atoms with Crippen LogP contribution in [0.1, 0.15) is 65.7 Å². The van der Waals surface area contributed by atoms with Crippen LogP contribution < -0.4 is 5.32 Å². The van der Waals surface area contributed by atoms with Crippen LogP contribution in [0.25, 0.3) is 0 Å². The summed E-state index contributed by atoms with van der Waals surface area (Å²) in [7, 11) is 0. The number of alkyl halides is 1. The number of carbonyl (C=O) groups is 2. The van der Waals surface area contributed by atoms with Crippen molar-refractivity contribution in [3.8, 4) is 0 Å². The molecule has 1 rings (SSSR count). The van der Waals surface area contributed by atoms with Crippen LogP contribution in [0.5, 0.6) is 0 Å². The average molecular weight is 334 g/mol. The van der Waals surface area contributed by atoms with Crippen LogP contribution >= 0.6 is 11.6 Å². The highest BCUT2D eigenvalue weighted by Crippen LogP contribution is 2.27. The second-order valence-electron chi connectivity index (χ2n) is 6.85. The van der Waals surface area contributed by atoms with E-state index < -0.39 is 23.7 Å². The number of halogens is 1. The lowest BCUT2D eigenvalue weighted by atomic mass is 9.85. The molecule has 1 unspecified atom stereocenters. The van der Waals surface area contributed by atoms with E-state index in [1.807, 2.05) is 0 Å². The van der Waals surface area contributed by atoms with E-state index in [1.165, 1.54) is 32.1 Å². The van der Waals surface area contributed by atoms with E-state index >= 15 is 0 Å². The summed E-state index contributed by atoms with van der Waals surface area (Å²) < 4.78 is 10.0. The molecule has 0 aromatic rings. The molecule has 22 heavy (non-hydrogen) atoms. The fourth-order valence-corrected chi connectivity index (χ4v) is 2.84. The normalized spacial score (nSPS) is 17.6. The molecule has 0 heterocycles. The largest absolute Gasteiger partial charge is 0.448 e. The molecule has 1 aliphatic rings. The van der Waals surface area contributed by atoms with E-state index in [0.717, 1.165) is 6.42 Å². The monoisotopic (exact) mass is 333 g/mol. The fourth-order valence-electron chi connectivity index (χ4n) is 2.73. The molecule has 0 aromatic carbocycles. The van der Waals surface area contributed by atoms with Crippen LogP contribution in [0.4, 0.5) is 4.79 Å². The van der Waals surface area contributed by atoms with E-state index in [9.17, 15) is 9.59 Å². The van der Waals surface area contributed by atoms with Gasteiger partial charge in [-0.05, 0) is 39.5 Å². The molecular formula is C16H28ClNO4. The molecule has 1 saturated carbocycles. The summed E-state index contributed by atoms with van der Waals surface area (Å²) in [5.41, 5.74) is -0.603. The molecular weight excluding hydrogens is 306 g/mol. The first-order valence-corrected chi connectivity index (χ1v) is 8.57. The van der Waals surface area contributed by atoms with E-state index in [1.54, 1.807) is 20.8 Å². The van der Waals surface area contributed by atoms with Crippen molar-refractivity contribution in [2.45, 2.75) is 77.4 Å². The molecule has 0 spiro atoms. The van der Waals surface area contributed by atoms with Gasteiger partial charge in [-0.3, -0.25) is 0 Å². The van der Waals surface area contributed by atoms with Gasteiger partial charge >= 0.3 is 12.1 Å². The number of hydrogen-bond acceptors (Lipinski definition) is 4. The lowest BCUT2D eigenvalue weighted by Gasteiger charge is -2.25. The summed E-state index contributed by atoms with van der Waals surface area (Å²) in [6.45, 7) is 5.34. The van der Waals surface area contributed by atoms with Crippen molar-refractivity contribution in [3.63, 3.8) is 0 Å². The number of ether oxygens (including phenoxy) is 2. The predicted octanol–water partition coefficient (Wildman–Crippen LogP) is 3.98. The third kappa shape index (κ3) is 7.87. The van der Waals surface area contributed by atoms with Crippen molar-refractivity contribution in [2.24, 2.45) is 5.92 Å². The maximum absolute atomic E-state index is 11.9. The van der Waals surface area contributed by atoms with Gasteiger partial charge in [0.05, 0.1) is 0 Å². The van der Waals surface area contributed by atoms with Crippen molar-refractivity contribution in [1.29, 1.82) is 0 Å². The molecule has 0 aromatic heterocycles. The minimum absolute atomic E-state index is 0.214. The predicted molar refractivity (Wildman–Crippen MR) is 85.8 cm³/mol. The Hall–Kier alpha value is -0.970. The van der Waals surface area contributed by atoms with Crippen molar-refractivity contribution < 1.29 is 19.1 Å². The Morgan fingerprint density at radius 2 is 1.86 bits per heavy atom. The Bertz CT molecular complexity index is 362. The molecule has 128 valence electrons. The molecule has 1 N–H and O–H groups in total. The summed E-state index contributed by atoms with van der Waals surface area (Å²) in [5.74, 6) is 0.122. The van der Waals surface area contributed by atoms with Gasteiger partial charge in [0.2, 0.25) is 0 Å². The van der Waals surface area contributed by atoms with Gasteiger partial charge in [0.1, 0.15) is 11.6 Å². The van der Waals surface area contributed by atoms with Gasteiger partial charge in [-0.25, -0.2) is 9.59 Å².